The molecule has 6 nitrogen and oxygen atoms in total. The van der Waals surface area contributed by atoms with Crippen LogP contribution in [0.4, 0.5) is 5.69 Å². The van der Waals surface area contributed by atoms with Crippen LogP contribution in [-0.4, -0.2) is 50.5 Å². The van der Waals surface area contributed by atoms with Crippen molar-refractivity contribution in [3.8, 4) is 5.75 Å². The van der Waals surface area contributed by atoms with Crippen molar-refractivity contribution < 1.29 is 19.4 Å². The summed E-state index contributed by atoms with van der Waals surface area (Å²) in [7, 11) is 0. The lowest BCUT2D eigenvalue weighted by atomic mass is 10.1. The summed E-state index contributed by atoms with van der Waals surface area (Å²) < 4.78 is 10.9. The molecule has 0 aliphatic carbocycles. The van der Waals surface area contributed by atoms with E-state index in [-0.39, 0.29) is 19.1 Å². The molecule has 1 saturated heterocycles. The van der Waals surface area contributed by atoms with Gasteiger partial charge in [0.2, 0.25) is 0 Å². The van der Waals surface area contributed by atoms with Crippen molar-refractivity contribution in [3.05, 3.63) is 58.1 Å². The fourth-order valence-corrected chi connectivity index (χ4v) is 3.36. The van der Waals surface area contributed by atoms with Crippen molar-refractivity contribution in [2.75, 3.05) is 44.4 Å². The van der Waals surface area contributed by atoms with Gasteiger partial charge in [-0.05, 0) is 54.8 Å². The second-order valence-electron chi connectivity index (χ2n) is 7.17. The van der Waals surface area contributed by atoms with Gasteiger partial charge < -0.3 is 24.8 Å². The second-order valence-corrected chi connectivity index (χ2v) is 7.55. The van der Waals surface area contributed by atoms with E-state index in [4.69, 9.17) is 21.1 Å². The number of anilines is 1. The van der Waals surface area contributed by atoms with Crippen molar-refractivity contribution >= 4 is 23.2 Å². The zero-order valence-corrected chi connectivity index (χ0v) is 17.5. The fourth-order valence-electron chi connectivity index (χ4n) is 3.25. The number of nitrogens with one attached hydrogen (secondary N) is 1. The number of ether oxygens (including phenoxy) is 2. The molecule has 1 amide bonds. The lowest BCUT2D eigenvalue weighted by Crippen LogP contribution is -2.36. The summed E-state index contributed by atoms with van der Waals surface area (Å²) in [4.78, 5) is 14.3. The van der Waals surface area contributed by atoms with Crippen molar-refractivity contribution in [3.63, 3.8) is 0 Å². The minimum atomic E-state index is -0.780. The quantitative estimate of drug-likeness (QED) is 0.723. The van der Waals surface area contributed by atoms with Crippen LogP contribution in [-0.2, 0) is 9.53 Å². The molecular formula is C22H27ClN2O4. The van der Waals surface area contributed by atoms with Crippen LogP contribution in [0.3, 0.4) is 0 Å². The number of aliphatic hydroxyl groups is 1. The molecule has 1 unspecified atom stereocenters. The van der Waals surface area contributed by atoms with Crippen LogP contribution in [0.15, 0.2) is 36.4 Å². The van der Waals surface area contributed by atoms with E-state index in [1.807, 2.05) is 38.1 Å². The highest BCUT2D eigenvalue weighted by Crippen LogP contribution is 2.25. The van der Waals surface area contributed by atoms with Gasteiger partial charge in [-0.15, -0.1) is 0 Å². The average molecular weight is 419 g/mol. The first-order valence-electron chi connectivity index (χ1n) is 9.71. The Kier molecular flexibility index (Phi) is 7.36. The largest absolute Gasteiger partial charge is 0.484 e. The summed E-state index contributed by atoms with van der Waals surface area (Å²) in [5, 5.41) is 13.8. The Morgan fingerprint density at radius 2 is 1.83 bits per heavy atom. The number of halogens is 1. The highest BCUT2D eigenvalue weighted by Gasteiger charge is 2.14. The number of nitrogens with zero attached hydrogens (tertiary/aromatic N) is 1. The second kappa shape index (κ2) is 9.96. The molecule has 1 fully saturated rings. The molecule has 7 heteroatoms. The number of benzene rings is 2. The molecule has 0 radical (unpaired) electrons. The van der Waals surface area contributed by atoms with Gasteiger partial charge in [0.25, 0.3) is 5.91 Å². The van der Waals surface area contributed by atoms with E-state index >= 15 is 0 Å². The highest BCUT2D eigenvalue weighted by molar-refractivity contribution is 6.32. The van der Waals surface area contributed by atoms with Gasteiger partial charge in [0, 0.05) is 30.3 Å². The van der Waals surface area contributed by atoms with E-state index in [1.54, 1.807) is 12.1 Å². The first-order chi connectivity index (χ1) is 13.9. The molecule has 2 aromatic rings. The third-order valence-electron chi connectivity index (χ3n) is 4.93. The lowest BCUT2D eigenvalue weighted by Gasteiger charge is -2.29. The number of carbonyl (C=O) groups is 1. The molecule has 0 spiro atoms. The van der Waals surface area contributed by atoms with Gasteiger partial charge in [-0.2, -0.15) is 0 Å². The van der Waals surface area contributed by atoms with Gasteiger partial charge in [0.1, 0.15) is 5.75 Å². The van der Waals surface area contributed by atoms with Gasteiger partial charge in [0.15, 0.2) is 6.61 Å². The summed E-state index contributed by atoms with van der Waals surface area (Å²) in [5.41, 5.74) is 3.67. The number of carbonyl (C=O) groups excluding carboxylic acids is 1. The Morgan fingerprint density at radius 3 is 2.45 bits per heavy atom. The molecule has 1 heterocycles. The maximum Gasteiger partial charge on any atom is 0.258 e. The molecule has 2 N–H and O–H groups in total. The molecule has 29 heavy (non-hydrogen) atoms. The molecule has 3 rings (SSSR count). The molecule has 2 aromatic carbocycles. The number of morpholine rings is 1. The van der Waals surface area contributed by atoms with E-state index in [0.717, 1.165) is 48.7 Å². The summed E-state index contributed by atoms with van der Waals surface area (Å²) in [6.07, 6.45) is -0.780. The number of rotatable bonds is 7. The molecule has 0 saturated carbocycles. The Bertz CT molecular complexity index is 812. The van der Waals surface area contributed by atoms with Gasteiger partial charge in [-0.25, -0.2) is 0 Å². The Balaban J connectivity index is 1.46. The molecular weight excluding hydrogens is 392 g/mol. The van der Waals surface area contributed by atoms with Gasteiger partial charge in [0.05, 0.1) is 19.3 Å². The standard InChI is InChI=1S/C22H27ClN2O4/c1-15-11-19(12-16(2)22(15)23)29-14-21(27)24-13-20(26)17-3-5-18(6-4-17)25-7-9-28-10-8-25/h3-6,11-12,20,26H,7-10,13-14H2,1-2H3,(H,24,27). The van der Waals surface area contributed by atoms with Crippen LogP contribution in [0.5, 0.6) is 5.75 Å². The molecule has 0 aromatic heterocycles. The van der Waals surface area contributed by atoms with E-state index in [2.05, 4.69) is 10.2 Å². The normalized spacial score (nSPS) is 15.1. The molecule has 0 bridgehead atoms. The SMILES string of the molecule is Cc1cc(OCC(=O)NCC(O)c2ccc(N3CCOCC3)cc2)cc(C)c1Cl. The average Bonchev–Trinajstić information content (AvgIpc) is 2.75. The first kappa shape index (κ1) is 21.4. The van der Waals surface area contributed by atoms with Crippen LogP contribution >= 0.6 is 11.6 Å². The minimum absolute atomic E-state index is 0.122. The third-order valence-corrected chi connectivity index (χ3v) is 5.52. The maximum absolute atomic E-state index is 12.1. The van der Waals surface area contributed by atoms with Crippen molar-refractivity contribution in [2.24, 2.45) is 0 Å². The van der Waals surface area contributed by atoms with E-state index < -0.39 is 6.10 Å². The number of aliphatic hydroxyl groups excluding tert-OH is 1. The van der Waals surface area contributed by atoms with E-state index in [1.165, 1.54) is 0 Å². The first-order valence-corrected chi connectivity index (χ1v) is 10.1. The lowest BCUT2D eigenvalue weighted by molar-refractivity contribution is -0.123. The minimum Gasteiger partial charge on any atom is -0.484 e. The van der Waals surface area contributed by atoms with Crippen molar-refractivity contribution in [1.82, 2.24) is 5.32 Å². The molecule has 1 atom stereocenters. The monoisotopic (exact) mass is 418 g/mol. The number of hydrogen-bond donors (Lipinski definition) is 2. The van der Waals surface area contributed by atoms with E-state index in [0.29, 0.717) is 10.8 Å². The van der Waals surface area contributed by atoms with Crippen LogP contribution < -0.4 is 15.0 Å². The molecule has 156 valence electrons. The summed E-state index contributed by atoms with van der Waals surface area (Å²) >= 11 is 6.14. The van der Waals surface area contributed by atoms with E-state index in [9.17, 15) is 9.90 Å². The zero-order chi connectivity index (χ0) is 20.8. The molecule has 1 aliphatic rings. The maximum atomic E-state index is 12.1. The smallest absolute Gasteiger partial charge is 0.258 e. The summed E-state index contributed by atoms with van der Waals surface area (Å²) in [6, 6.07) is 11.3. The fraction of sp³-hybridized carbons (Fsp3) is 0.409. The molecule has 1 aliphatic heterocycles. The number of hydrogen-bond acceptors (Lipinski definition) is 5. The highest BCUT2D eigenvalue weighted by atomic mass is 35.5. The Morgan fingerprint density at radius 1 is 1.21 bits per heavy atom. The third kappa shape index (κ3) is 5.85. The number of amides is 1. The predicted molar refractivity (Wildman–Crippen MR) is 114 cm³/mol. The van der Waals surface area contributed by atoms with Gasteiger partial charge in [-0.3, -0.25) is 4.79 Å². The Labute approximate surface area is 176 Å². The predicted octanol–water partition coefficient (Wildman–Crippen LogP) is 3.02. The summed E-state index contributed by atoms with van der Waals surface area (Å²) in [5.74, 6) is 0.304. The van der Waals surface area contributed by atoms with Gasteiger partial charge >= 0.3 is 0 Å². The summed E-state index contributed by atoms with van der Waals surface area (Å²) in [6.45, 7) is 6.98. The Hall–Kier alpha value is -2.28. The van der Waals surface area contributed by atoms with Crippen LogP contribution in [0.2, 0.25) is 5.02 Å². The number of aryl methyl sites for hydroxylation is 2. The zero-order valence-electron chi connectivity index (χ0n) is 16.8. The topological polar surface area (TPSA) is 71.0 Å². The van der Waals surface area contributed by atoms with Crippen LogP contribution in [0.25, 0.3) is 0 Å². The van der Waals surface area contributed by atoms with Crippen molar-refractivity contribution in [1.29, 1.82) is 0 Å². The van der Waals surface area contributed by atoms with Crippen molar-refractivity contribution in [2.45, 2.75) is 20.0 Å². The van der Waals surface area contributed by atoms with Crippen LogP contribution in [0, 0.1) is 13.8 Å². The van der Waals surface area contributed by atoms with Gasteiger partial charge in [-0.1, -0.05) is 23.7 Å². The van der Waals surface area contributed by atoms with Crippen LogP contribution in [0.1, 0.15) is 22.8 Å².